The van der Waals surface area contributed by atoms with Gasteiger partial charge in [-0.15, -0.1) is 0 Å². The maximum atomic E-state index is 12.4. The minimum atomic E-state index is -1.23. The maximum absolute atomic E-state index is 12.4. The van der Waals surface area contributed by atoms with Crippen molar-refractivity contribution < 1.29 is 34.2 Å². The van der Waals surface area contributed by atoms with Gasteiger partial charge in [-0.1, -0.05) is 30.3 Å². The molecule has 1 aromatic rings. The summed E-state index contributed by atoms with van der Waals surface area (Å²) in [6.45, 7) is 0.813. The lowest BCUT2D eigenvalue weighted by atomic mass is 10.0. The Morgan fingerprint density at radius 3 is 2.20 bits per heavy atom. The van der Waals surface area contributed by atoms with Crippen LogP contribution in [-0.4, -0.2) is 64.5 Å². The summed E-state index contributed by atoms with van der Waals surface area (Å²) in [5.41, 5.74) is 6.30. The summed E-state index contributed by atoms with van der Waals surface area (Å²) in [7, 11) is 0. The number of benzene rings is 1. The number of carbonyl (C=O) groups excluding carboxylic acids is 3. The third-order valence-corrected chi connectivity index (χ3v) is 4.09. The van der Waals surface area contributed by atoms with E-state index in [4.69, 9.17) is 15.9 Å². The van der Waals surface area contributed by atoms with Crippen molar-refractivity contribution >= 4 is 29.7 Å². The first-order chi connectivity index (χ1) is 14.1. The van der Waals surface area contributed by atoms with E-state index in [0.717, 1.165) is 5.56 Å². The van der Waals surface area contributed by atoms with E-state index in [0.29, 0.717) is 0 Å². The molecule has 0 unspecified atom stereocenters. The van der Waals surface area contributed by atoms with E-state index in [1.807, 2.05) is 0 Å². The monoisotopic (exact) mass is 422 g/mol. The van der Waals surface area contributed by atoms with Crippen LogP contribution >= 0.6 is 0 Å². The van der Waals surface area contributed by atoms with Crippen LogP contribution in [0.4, 0.5) is 0 Å². The first-order valence-corrected chi connectivity index (χ1v) is 9.21. The predicted molar refractivity (Wildman–Crippen MR) is 105 cm³/mol. The molecule has 11 nitrogen and oxygen atoms in total. The number of amides is 3. The molecule has 3 atom stereocenters. The molecule has 0 radical (unpaired) electrons. The fourth-order valence-electron chi connectivity index (χ4n) is 2.39. The lowest BCUT2D eigenvalue weighted by Gasteiger charge is -2.20. The molecular weight excluding hydrogens is 396 g/mol. The standard InChI is InChI=1S/C19H26N4O7/c1-11(19(29)30)22-18(28)14(9-12-5-3-2-4-6-12)23-15(24)10-21-17(27)13(20)7-8-16(25)26/h2-6,11,13-14H,7-10,20H2,1H3,(H,21,27)(H,22,28)(H,23,24)(H,25,26)(H,29,30)/t11-,13-,14-/m0/s1. The summed E-state index contributed by atoms with van der Waals surface area (Å²) in [6, 6.07) is 5.47. The number of carbonyl (C=O) groups is 5. The van der Waals surface area contributed by atoms with Crippen molar-refractivity contribution in [3.05, 3.63) is 35.9 Å². The van der Waals surface area contributed by atoms with Gasteiger partial charge in [0.05, 0.1) is 12.6 Å². The molecule has 0 aromatic heterocycles. The smallest absolute Gasteiger partial charge is 0.325 e. The Hall–Kier alpha value is -3.47. The summed E-state index contributed by atoms with van der Waals surface area (Å²) in [6.07, 6.45) is -0.270. The predicted octanol–water partition coefficient (Wildman–Crippen LogP) is -1.39. The van der Waals surface area contributed by atoms with Crippen molar-refractivity contribution in [3.8, 4) is 0 Å². The quantitative estimate of drug-likeness (QED) is 0.237. The third kappa shape index (κ3) is 9.15. The molecule has 0 aliphatic rings. The van der Waals surface area contributed by atoms with Crippen LogP contribution in [0.15, 0.2) is 30.3 Å². The van der Waals surface area contributed by atoms with Gasteiger partial charge in [0.15, 0.2) is 0 Å². The zero-order chi connectivity index (χ0) is 22.7. The van der Waals surface area contributed by atoms with Gasteiger partial charge in [0.1, 0.15) is 12.1 Å². The highest BCUT2D eigenvalue weighted by Crippen LogP contribution is 2.04. The van der Waals surface area contributed by atoms with Crippen molar-refractivity contribution in [3.63, 3.8) is 0 Å². The van der Waals surface area contributed by atoms with Gasteiger partial charge in [-0.25, -0.2) is 0 Å². The van der Waals surface area contributed by atoms with E-state index >= 15 is 0 Å². The highest BCUT2D eigenvalue weighted by atomic mass is 16.4. The Bertz CT molecular complexity index is 769. The highest BCUT2D eigenvalue weighted by molar-refractivity contribution is 5.92. The van der Waals surface area contributed by atoms with Crippen molar-refractivity contribution in [2.24, 2.45) is 5.73 Å². The fourth-order valence-corrected chi connectivity index (χ4v) is 2.39. The minimum absolute atomic E-state index is 0.0884. The number of nitrogens with one attached hydrogen (secondary N) is 3. The van der Waals surface area contributed by atoms with Gasteiger partial charge in [0.2, 0.25) is 17.7 Å². The van der Waals surface area contributed by atoms with Crippen LogP contribution in [0.2, 0.25) is 0 Å². The van der Waals surface area contributed by atoms with Gasteiger partial charge in [-0.3, -0.25) is 24.0 Å². The normalized spacial score (nSPS) is 13.4. The highest BCUT2D eigenvalue weighted by Gasteiger charge is 2.25. The molecule has 3 amide bonds. The summed E-state index contributed by atoms with van der Waals surface area (Å²) in [5.74, 6) is -4.40. The first kappa shape index (κ1) is 24.6. The lowest BCUT2D eigenvalue weighted by Crippen LogP contribution is -2.54. The number of hydrogen-bond donors (Lipinski definition) is 6. The molecule has 7 N–H and O–H groups in total. The SMILES string of the molecule is C[C@H](NC(=O)[C@H](Cc1ccccc1)NC(=O)CNC(=O)[C@@H](N)CCC(=O)O)C(=O)O. The molecule has 0 saturated heterocycles. The zero-order valence-electron chi connectivity index (χ0n) is 16.5. The molecule has 1 rings (SSSR count). The second-order valence-electron chi connectivity index (χ2n) is 6.64. The van der Waals surface area contributed by atoms with Crippen molar-refractivity contribution in [1.29, 1.82) is 0 Å². The van der Waals surface area contributed by atoms with E-state index in [1.165, 1.54) is 6.92 Å². The summed E-state index contributed by atoms with van der Waals surface area (Å²) in [4.78, 5) is 58.0. The summed E-state index contributed by atoms with van der Waals surface area (Å²) >= 11 is 0. The number of carboxylic acid groups (broad SMARTS) is 2. The number of aliphatic carboxylic acids is 2. The van der Waals surface area contributed by atoms with Crippen LogP contribution in [0.3, 0.4) is 0 Å². The van der Waals surface area contributed by atoms with Crippen molar-refractivity contribution in [1.82, 2.24) is 16.0 Å². The van der Waals surface area contributed by atoms with Crippen LogP contribution in [0.1, 0.15) is 25.3 Å². The number of nitrogens with two attached hydrogens (primary N) is 1. The number of carboxylic acids is 2. The molecule has 0 fully saturated rings. The van der Waals surface area contributed by atoms with Gasteiger partial charge in [0.25, 0.3) is 0 Å². The molecule has 1 aromatic carbocycles. The molecule has 0 aliphatic carbocycles. The third-order valence-electron chi connectivity index (χ3n) is 4.09. The molecule has 0 aliphatic heterocycles. The Morgan fingerprint density at radius 2 is 1.63 bits per heavy atom. The van der Waals surface area contributed by atoms with Gasteiger partial charge >= 0.3 is 11.9 Å². The molecule has 11 heteroatoms. The average molecular weight is 422 g/mol. The van der Waals surface area contributed by atoms with E-state index in [1.54, 1.807) is 30.3 Å². The van der Waals surface area contributed by atoms with E-state index in [-0.39, 0.29) is 19.3 Å². The number of rotatable bonds is 12. The van der Waals surface area contributed by atoms with Gasteiger partial charge in [0, 0.05) is 12.8 Å². The molecular formula is C19H26N4O7. The van der Waals surface area contributed by atoms with Crippen LogP contribution in [0, 0.1) is 0 Å². The maximum Gasteiger partial charge on any atom is 0.325 e. The minimum Gasteiger partial charge on any atom is -0.481 e. The molecule has 164 valence electrons. The zero-order valence-corrected chi connectivity index (χ0v) is 16.5. The Morgan fingerprint density at radius 1 is 1.00 bits per heavy atom. The Balaban J connectivity index is 2.69. The van der Waals surface area contributed by atoms with Crippen LogP contribution in [0.25, 0.3) is 0 Å². The summed E-state index contributed by atoms with van der Waals surface area (Å²) < 4.78 is 0. The number of hydrogen-bond acceptors (Lipinski definition) is 6. The molecule has 0 saturated carbocycles. The largest absolute Gasteiger partial charge is 0.481 e. The Labute approximate surface area is 173 Å². The van der Waals surface area contributed by atoms with E-state index in [2.05, 4.69) is 16.0 Å². The molecule has 0 heterocycles. The Kier molecular flexibility index (Phi) is 9.97. The van der Waals surface area contributed by atoms with Crippen LogP contribution in [-0.2, 0) is 30.4 Å². The molecule has 0 bridgehead atoms. The van der Waals surface area contributed by atoms with Gasteiger partial charge < -0.3 is 31.9 Å². The van der Waals surface area contributed by atoms with E-state index in [9.17, 15) is 24.0 Å². The lowest BCUT2D eigenvalue weighted by molar-refractivity contribution is -0.141. The molecule has 30 heavy (non-hydrogen) atoms. The van der Waals surface area contributed by atoms with Gasteiger partial charge in [-0.05, 0) is 18.9 Å². The molecule has 0 spiro atoms. The van der Waals surface area contributed by atoms with Crippen LogP contribution < -0.4 is 21.7 Å². The van der Waals surface area contributed by atoms with Crippen molar-refractivity contribution in [2.45, 2.75) is 44.3 Å². The second-order valence-corrected chi connectivity index (χ2v) is 6.64. The topological polar surface area (TPSA) is 188 Å². The average Bonchev–Trinajstić information content (AvgIpc) is 2.70. The van der Waals surface area contributed by atoms with Crippen molar-refractivity contribution in [2.75, 3.05) is 6.54 Å². The van der Waals surface area contributed by atoms with Gasteiger partial charge in [-0.2, -0.15) is 0 Å². The first-order valence-electron chi connectivity index (χ1n) is 9.21. The summed E-state index contributed by atoms with van der Waals surface area (Å²) in [5, 5.41) is 24.6. The second kappa shape index (κ2) is 12.2. The van der Waals surface area contributed by atoms with E-state index < -0.39 is 54.3 Å². The van der Waals surface area contributed by atoms with Crippen LogP contribution in [0.5, 0.6) is 0 Å². The fraction of sp³-hybridized carbons (Fsp3) is 0.421.